The lowest BCUT2D eigenvalue weighted by atomic mass is 9.63. The summed E-state index contributed by atoms with van der Waals surface area (Å²) in [5, 5.41) is 24.8. The number of aryl methyl sites for hydroxylation is 1. The first-order chi connectivity index (χ1) is 20.0. The Morgan fingerprint density at radius 2 is 2.02 bits per heavy atom. The summed E-state index contributed by atoms with van der Waals surface area (Å²) in [4.78, 5) is 13.9. The van der Waals surface area contributed by atoms with Crippen molar-refractivity contribution < 1.29 is 4.52 Å². The smallest absolute Gasteiger partial charge is 0.186 e. The summed E-state index contributed by atoms with van der Waals surface area (Å²) < 4.78 is 8.36. The van der Waals surface area contributed by atoms with Crippen molar-refractivity contribution in [3.63, 3.8) is 0 Å². The summed E-state index contributed by atoms with van der Waals surface area (Å²) in [5.74, 6) is 2.28. The third-order valence-electron chi connectivity index (χ3n) is 9.96. The van der Waals surface area contributed by atoms with E-state index in [1.165, 1.54) is 11.3 Å². The van der Waals surface area contributed by atoms with Gasteiger partial charge in [0.1, 0.15) is 16.9 Å². The lowest BCUT2D eigenvalue weighted by Crippen LogP contribution is -2.35. The molecule has 11 heteroatoms. The highest BCUT2D eigenvalue weighted by molar-refractivity contribution is 7.16. The Balaban J connectivity index is 1.27. The van der Waals surface area contributed by atoms with E-state index in [4.69, 9.17) is 25.3 Å². The van der Waals surface area contributed by atoms with Crippen molar-refractivity contribution in [3.8, 4) is 17.6 Å². The second-order valence-electron chi connectivity index (χ2n) is 12.5. The second-order valence-corrected chi connectivity index (χ2v) is 13.6. The highest BCUT2D eigenvalue weighted by Crippen LogP contribution is 2.55. The molecule has 10 nitrogen and oxygen atoms in total. The Bertz CT molecular complexity index is 1700. The first kappa shape index (κ1) is 25.2. The van der Waals surface area contributed by atoms with Crippen LogP contribution in [0.15, 0.2) is 10.7 Å². The van der Waals surface area contributed by atoms with Crippen LogP contribution in [0.5, 0.6) is 0 Å². The molecule has 4 aliphatic rings. The van der Waals surface area contributed by atoms with Gasteiger partial charge >= 0.3 is 0 Å². The summed E-state index contributed by atoms with van der Waals surface area (Å²) >= 11 is 1.56. The van der Waals surface area contributed by atoms with E-state index in [9.17, 15) is 5.26 Å². The number of hydrogen-bond donors (Lipinski definition) is 2. The van der Waals surface area contributed by atoms with Gasteiger partial charge in [-0.2, -0.15) is 10.4 Å². The first-order valence-electron chi connectivity index (χ1n) is 15.0. The fraction of sp³-hybridized carbons (Fsp3) is 0.567. The highest BCUT2D eigenvalue weighted by atomic mass is 32.1. The van der Waals surface area contributed by atoms with Gasteiger partial charge in [-0.3, -0.25) is 0 Å². The molecule has 1 saturated carbocycles. The van der Waals surface area contributed by atoms with Gasteiger partial charge in [0.2, 0.25) is 0 Å². The Morgan fingerprint density at radius 3 is 2.78 bits per heavy atom. The molecule has 0 amide bonds. The molecule has 0 unspecified atom stereocenters. The van der Waals surface area contributed by atoms with E-state index < -0.39 is 0 Å². The average Bonchev–Trinajstić information content (AvgIpc) is 3.31. The van der Waals surface area contributed by atoms with Crippen LogP contribution in [-0.4, -0.2) is 55.5 Å². The Morgan fingerprint density at radius 1 is 1.20 bits per heavy atom. The van der Waals surface area contributed by atoms with Crippen molar-refractivity contribution in [2.75, 3.05) is 24.6 Å². The van der Waals surface area contributed by atoms with Crippen molar-refractivity contribution in [1.82, 2.24) is 29.8 Å². The number of likely N-dealkylation sites (tertiary alicyclic amines) is 1. The maximum Gasteiger partial charge on any atom is 0.186 e. The van der Waals surface area contributed by atoms with Crippen LogP contribution < -0.4 is 11.1 Å². The highest BCUT2D eigenvalue weighted by Gasteiger charge is 2.49. The number of nitrogen functional groups attached to an aromatic ring is 1. The Kier molecular flexibility index (Phi) is 5.70. The Hall–Kier alpha value is -3.49. The molecule has 4 aromatic rings. The number of nitrogens with one attached hydrogen (secondary N) is 1. The van der Waals surface area contributed by atoms with Crippen LogP contribution in [0.25, 0.3) is 22.6 Å². The zero-order valence-electron chi connectivity index (χ0n) is 23.6. The van der Waals surface area contributed by atoms with E-state index in [0.29, 0.717) is 34.2 Å². The number of rotatable bonds is 5. The minimum absolute atomic E-state index is 0.181. The molecule has 0 bridgehead atoms. The number of likely N-dealkylation sites (N-methyl/N-ethyl adjacent to an activating group) is 1. The van der Waals surface area contributed by atoms with E-state index in [-0.39, 0.29) is 11.5 Å². The topological polar surface area (TPSA) is 135 Å². The molecule has 212 valence electrons. The summed E-state index contributed by atoms with van der Waals surface area (Å²) in [6, 6.07) is 3.45. The minimum Gasteiger partial charge on any atom is -0.389 e. The standard InChI is InChI=1S/C30H35N9OS/c1-16(21-7-5-13-38(21)2)39-29-20(15-33-39)27(34-17-9-10-17)35-28(36-29)24-18-6-3-11-30(25(18)40-37-24)12-4-8-22-23(30)19(14-31)26(32)41-22/h15-17,21H,3-13,32H2,1-2H3,(H,34,35,36)/t16-,21-,30-/m0/s1. The third kappa shape index (κ3) is 3.76. The van der Waals surface area contributed by atoms with Crippen LogP contribution in [0.1, 0.15) is 91.7 Å². The molecule has 1 aliphatic heterocycles. The van der Waals surface area contributed by atoms with E-state index in [1.807, 2.05) is 6.20 Å². The summed E-state index contributed by atoms with van der Waals surface area (Å²) in [6.07, 6.45) is 12.3. The van der Waals surface area contributed by atoms with Crippen LogP contribution in [0.3, 0.4) is 0 Å². The average molecular weight is 570 g/mol. The van der Waals surface area contributed by atoms with Gasteiger partial charge in [-0.05, 0) is 90.3 Å². The molecule has 3 aliphatic carbocycles. The first-order valence-corrected chi connectivity index (χ1v) is 15.8. The van der Waals surface area contributed by atoms with Gasteiger partial charge in [-0.25, -0.2) is 14.6 Å². The van der Waals surface area contributed by atoms with E-state index in [2.05, 4.69) is 40.1 Å². The number of hydrogen-bond acceptors (Lipinski definition) is 10. The molecule has 3 atom stereocenters. The Labute approximate surface area is 242 Å². The summed E-state index contributed by atoms with van der Waals surface area (Å²) in [5.41, 5.74) is 10.3. The number of fused-ring (bicyclic) bond motifs is 5. The van der Waals surface area contributed by atoms with Crippen molar-refractivity contribution >= 4 is 33.2 Å². The third-order valence-corrected chi connectivity index (χ3v) is 11.0. The largest absolute Gasteiger partial charge is 0.389 e. The maximum atomic E-state index is 10.1. The number of aromatic nitrogens is 5. The van der Waals surface area contributed by atoms with E-state index in [1.54, 1.807) is 11.3 Å². The predicted octanol–water partition coefficient (Wildman–Crippen LogP) is 5.18. The molecule has 41 heavy (non-hydrogen) atoms. The van der Waals surface area contributed by atoms with E-state index >= 15 is 0 Å². The molecule has 0 radical (unpaired) electrons. The fourth-order valence-electron chi connectivity index (χ4n) is 7.79. The van der Waals surface area contributed by atoms with Gasteiger partial charge in [0.05, 0.1) is 28.6 Å². The monoisotopic (exact) mass is 569 g/mol. The summed E-state index contributed by atoms with van der Waals surface area (Å²) in [6.45, 7) is 3.36. The second kappa shape index (κ2) is 9.26. The number of nitrogens with zero attached hydrogens (tertiary/aromatic N) is 7. The van der Waals surface area contributed by atoms with Crippen LogP contribution in [0, 0.1) is 11.3 Å². The molecule has 1 saturated heterocycles. The lowest BCUT2D eigenvalue weighted by Gasteiger charge is -2.39. The molecular weight excluding hydrogens is 534 g/mol. The van der Waals surface area contributed by atoms with Gasteiger partial charge in [-0.1, -0.05) is 5.16 Å². The normalized spacial score (nSPS) is 24.9. The number of nitriles is 1. The molecule has 8 rings (SSSR count). The quantitative estimate of drug-likeness (QED) is 0.333. The fourth-order valence-corrected chi connectivity index (χ4v) is 8.95. The van der Waals surface area contributed by atoms with Crippen molar-refractivity contribution in [2.24, 2.45) is 0 Å². The van der Waals surface area contributed by atoms with Crippen LogP contribution in [0.2, 0.25) is 0 Å². The van der Waals surface area contributed by atoms with Crippen LogP contribution in [-0.2, 0) is 18.3 Å². The minimum atomic E-state index is -0.367. The molecule has 5 heterocycles. The van der Waals surface area contributed by atoms with Gasteiger partial charge in [0.15, 0.2) is 22.9 Å². The zero-order chi connectivity index (χ0) is 27.9. The molecule has 3 N–H and O–H groups in total. The number of anilines is 2. The molecular formula is C30H35N9OS. The van der Waals surface area contributed by atoms with Crippen molar-refractivity contribution in [2.45, 2.75) is 94.7 Å². The van der Waals surface area contributed by atoms with Crippen molar-refractivity contribution in [3.05, 3.63) is 33.5 Å². The number of nitrogens with two attached hydrogens (primary N) is 1. The van der Waals surface area contributed by atoms with Gasteiger partial charge in [0, 0.05) is 22.5 Å². The van der Waals surface area contributed by atoms with E-state index in [0.717, 1.165) is 98.1 Å². The molecule has 4 aromatic heterocycles. The zero-order valence-corrected chi connectivity index (χ0v) is 24.4. The van der Waals surface area contributed by atoms with Gasteiger partial charge in [-0.15, -0.1) is 11.3 Å². The SMILES string of the molecule is C[C@@H]([C@@H]1CCCN1C)n1ncc2c(NC3CC3)nc(-c3noc4c3CCC[C@@]43CCCc4sc(N)c(C#N)c43)nc21. The molecule has 0 aromatic carbocycles. The lowest BCUT2D eigenvalue weighted by molar-refractivity contribution is 0.232. The predicted molar refractivity (Wildman–Crippen MR) is 158 cm³/mol. The molecule has 2 fully saturated rings. The maximum absolute atomic E-state index is 10.1. The van der Waals surface area contributed by atoms with Crippen LogP contribution in [0.4, 0.5) is 10.8 Å². The van der Waals surface area contributed by atoms with Crippen LogP contribution >= 0.6 is 11.3 Å². The van der Waals surface area contributed by atoms with Gasteiger partial charge in [0.25, 0.3) is 0 Å². The number of thiophene rings is 1. The summed E-state index contributed by atoms with van der Waals surface area (Å²) in [7, 11) is 2.20. The molecule has 1 spiro atoms. The van der Waals surface area contributed by atoms with Gasteiger partial charge < -0.3 is 20.5 Å². The van der Waals surface area contributed by atoms with Crippen molar-refractivity contribution in [1.29, 1.82) is 5.26 Å².